The highest BCUT2D eigenvalue weighted by Gasteiger charge is 2.35. The first-order chi connectivity index (χ1) is 15.7. The zero-order valence-corrected chi connectivity index (χ0v) is 18.4. The number of anilines is 1. The molecule has 1 aliphatic heterocycles. The van der Waals surface area contributed by atoms with E-state index in [1.165, 1.54) is 0 Å². The van der Waals surface area contributed by atoms with Crippen molar-refractivity contribution in [2.45, 2.75) is 25.3 Å². The predicted octanol–water partition coefficient (Wildman–Crippen LogP) is 5.68. The fourth-order valence-electron chi connectivity index (χ4n) is 4.35. The second kappa shape index (κ2) is 9.05. The molecule has 0 unspecified atom stereocenters. The van der Waals surface area contributed by atoms with Crippen LogP contribution in [0.1, 0.15) is 24.6 Å². The van der Waals surface area contributed by atoms with Gasteiger partial charge in [0.1, 0.15) is 11.6 Å². The van der Waals surface area contributed by atoms with E-state index in [0.29, 0.717) is 24.6 Å². The van der Waals surface area contributed by atoms with Gasteiger partial charge in [0.25, 0.3) is 0 Å². The van der Waals surface area contributed by atoms with E-state index >= 15 is 0 Å². The monoisotopic (exact) mass is 445 g/mol. The molecule has 3 aromatic carbocycles. The second-order valence-corrected chi connectivity index (χ2v) is 8.39. The number of benzene rings is 3. The molecule has 1 atom stereocenters. The van der Waals surface area contributed by atoms with Crippen molar-refractivity contribution in [3.05, 3.63) is 89.7 Å². The highest BCUT2D eigenvalue weighted by molar-refractivity contribution is 6.33. The maximum atomic E-state index is 12.9. The van der Waals surface area contributed by atoms with Crippen molar-refractivity contribution in [3.63, 3.8) is 0 Å². The van der Waals surface area contributed by atoms with Crippen LogP contribution in [-0.2, 0) is 11.3 Å². The summed E-state index contributed by atoms with van der Waals surface area (Å²) in [6.07, 6.45) is 1.27. The molecular weight excluding hydrogens is 422 g/mol. The number of fused-ring (bicyclic) bond motifs is 1. The maximum absolute atomic E-state index is 12.9. The van der Waals surface area contributed by atoms with E-state index in [1.54, 1.807) is 4.90 Å². The summed E-state index contributed by atoms with van der Waals surface area (Å²) in [5.41, 5.74) is 2.81. The van der Waals surface area contributed by atoms with Crippen LogP contribution in [0.4, 0.5) is 5.69 Å². The first-order valence-electron chi connectivity index (χ1n) is 10.9. The summed E-state index contributed by atoms with van der Waals surface area (Å²) in [4.78, 5) is 19.6. The van der Waals surface area contributed by atoms with Gasteiger partial charge in [0.2, 0.25) is 5.91 Å². The standard InChI is InChI=1S/C26H24ClN3O2/c27-21-11-4-6-13-23(21)30-18-19(17-25(30)31)26-28-22-12-5-7-14-24(22)29(26)15-8-16-32-20-9-2-1-3-10-20/h1-7,9-14,19H,8,15-18H2/t19-/m0/s1. The fraction of sp³-hybridized carbons (Fsp3) is 0.231. The summed E-state index contributed by atoms with van der Waals surface area (Å²) in [6, 6.07) is 25.5. The SMILES string of the molecule is O=C1C[C@H](c2nc3ccccc3n2CCCOc2ccccc2)CN1c1ccccc1Cl. The largest absolute Gasteiger partial charge is 0.494 e. The van der Waals surface area contributed by atoms with Gasteiger partial charge in [-0.25, -0.2) is 4.98 Å². The van der Waals surface area contributed by atoms with Crippen LogP contribution >= 0.6 is 11.6 Å². The Morgan fingerprint density at radius 3 is 2.56 bits per heavy atom. The lowest BCUT2D eigenvalue weighted by Gasteiger charge is -2.18. The van der Waals surface area contributed by atoms with Gasteiger partial charge in [-0.2, -0.15) is 0 Å². The third-order valence-corrected chi connectivity index (χ3v) is 6.18. The molecule has 5 nitrogen and oxygen atoms in total. The van der Waals surface area contributed by atoms with E-state index < -0.39 is 0 Å². The van der Waals surface area contributed by atoms with Crippen LogP contribution in [0.25, 0.3) is 11.0 Å². The van der Waals surface area contributed by atoms with Gasteiger partial charge < -0.3 is 14.2 Å². The third-order valence-electron chi connectivity index (χ3n) is 5.86. The highest BCUT2D eigenvalue weighted by Crippen LogP contribution is 2.36. The van der Waals surface area contributed by atoms with Gasteiger partial charge in [-0.3, -0.25) is 4.79 Å². The lowest BCUT2D eigenvalue weighted by molar-refractivity contribution is -0.117. The first kappa shape index (κ1) is 20.6. The first-order valence-corrected chi connectivity index (χ1v) is 11.3. The molecule has 0 radical (unpaired) electrons. The summed E-state index contributed by atoms with van der Waals surface area (Å²) in [5, 5.41) is 0.591. The number of aryl methyl sites for hydroxylation is 1. The van der Waals surface area contributed by atoms with Crippen LogP contribution in [0.2, 0.25) is 5.02 Å². The van der Waals surface area contributed by atoms with Crippen molar-refractivity contribution in [2.75, 3.05) is 18.1 Å². The van der Waals surface area contributed by atoms with Crippen molar-refractivity contribution < 1.29 is 9.53 Å². The van der Waals surface area contributed by atoms with E-state index in [-0.39, 0.29) is 11.8 Å². The predicted molar refractivity (Wildman–Crippen MR) is 127 cm³/mol. The van der Waals surface area contributed by atoms with Crippen LogP contribution in [-0.4, -0.2) is 28.6 Å². The zero-order chi connectivity index (χ0) is 21.9. The van der Waals surface area contributed by atoms with Crippen molar-refractivity contribution in [1.29, 1.82) is 0 Å². The van der Waals surface area contributed by atoms with E-state index in [2.05, 4.69) is 10.6 Å². The van der Waals surface area contributed by atoms with Crippen molar-refractivity contribution >= 4 is 34.2 Å². The number of ether oxygens (including phenoxy) is 1. The summed E-state index contributed by atoms with van der Waals surface area (Å²) in [6.45, 7) is 1.97. The van der Waals surface area contributed by atoms with Crippen LogP contribution in [0.3, 0.4) is 0 Å². The molecule has 0 bridgehead atoms. The average molecular weight is 446 g/mol. The van der Waals surface area contributed by atoms with E-state index in [9.17, 15) is 4.79 Å². The van der Waals surface area contributed by atoms with Gasteiger partial charge in [0, 0.05) is 25.4 Å². The Kier molecular flexibility index (Phi) is 5.82. The van der Waals surface area contributed by atoms with Crippen molar-refractivity contribution in [2.24, 2.45) is 0 Å². The number of carbonyl (C=O) groups is 1. The summed E-state index contributed by atoms with van der Waals surface area (Å²) in [7, 11) is 0. The van der Waals surface area contributed by atoms with Gasteiger partial charge in [-0.1, -0.05) is 54.1 Å². The number of para-hydroxylation sites is 4. The molecule has 0 saturated carbocycles. The molecule has 0 N–H and O–H groups in total. The normalized spacial score (nSPS) is 16.1. The average Bonchev–Trinajstić information content (AvgIpc) is 3.38. The number of rotatable bonds is 7. The number of imidazole rings is 1. The molecule has 1 saturated heterocycles. The van der Waals surface area contributed by atoms with Gasteiger partial charge in [-0.15, -0.1) is 0 Å². The van der Waals surface area contributed by atoms with Gasteiger partial charge in [0.15, 0.2) is 0 Å². The molecule has 2 heterocycles. The molecule has 6 heteroatoms. The van der Waals surface area contributed by atoms with Crippen LogP contribution in [0.15, 0.2) is 78.9 Å². The zero-order valence-electron chi connectivity index (χ0n) is 17.7. The fourth-order valence-corrected chi connectivity index (χ4v) is 4.59. The second-order valence-electron chi connectivity index (χ2n) is 7.98. The lowest BCUT2D eigenvalue weighted by Crippen LogP contribution is -2.24. The highest BCUT2D eigenvalue weighted by atomic mass is 35.5. The molecule has 1 aromatic heterocycles. The Bertz CT molecular complexity index is 1240. The molecule has 0 spiro atoms. The van der Waals surface area contributed by atoms with Crippen molar-refractivity contribution in [3.8, 4) is 5.75 Å². The number of carbonyl (C=O) groups excluding carboxylic acids is 1. The number of hydrogen-bond donors (Lipinski definition) is 0. The number of hydrogen-bond acceptors (Lipinski definition) is 3. The van der Waals surface area contributed by atoms with Crippen molar-refractivity contribution in [1.82, 2.24) is 9.55 Å². The molecule has 1 amide bonds. The summed E-state index contributed by atoms with van der Waals surface area (Å²) < 4.78 is 8.12. The van der Waals surface area contributed by atoms with Gasteiger partial charge >= 0.3 is 0 Å². The van der Waals surface area contributed by atoms with E-state index in [4.69, 9.17) is 21.3 Å². The molecule has 4 aromatic rings. The van der Waals surface area contributed by atoms with E-state index in [0.717, 1.165) is 41.3 Å². The Labute approximate surface area is 192 Å². The molecule has 1 fully saturated rings. The molecular formula is C26H24ClN3O2. The third kappa shape index (κ3) is 4.08. The lowest BCUT2D eigenvalue weighted by atomic mass is 10.1. The quantitative estimate of drug-likeness (QED) is 0.344. The number of amides is 1. The molecule has 32 heavy (non-hydrogen) atoms. The van der Waals surface area contributed by atoms with Crippen LogP contribution in [0, 0.1) is 0 Å². The number of halogens is 1. The Hall–Kier alpha value is -3.31. The number of aromatic nitrogens is 2. The maximum Gasteiger partial charge on any atom is 0.227 e. The Morgan fingerprint density at radius 2 is 1.72 bits per heavy atom. The van der Waals surface area contributed by atoms with E-state index in [1.807, 2.05) is 72.8 Å². The summed E-state index contributed by atoms with van der Waals surface area (Å²) >= 11 is 6.37. The Balaban J connectivity index is 1.37. The van der Waals surface area contributed by atoms with Crippen LogP contribution < -0.4 is 9.64 Å². The smallest absolute Gasteiger partial charge is 0.227 e. The minimum atomic E-state index is 0.0150. The topological polar surface area (TPSA) is 47.4 Å². The molecule has 1 aliphatic rings. The molecule has 5 rings (SSSR count). The van der Waals surface area contributed by atoms with Crippen LogP contribution in [0.5, 0.6) is 5.75 Å². The molecule has 0 aliphatic carbocycles. The summed E-state index contributed by atoms with van der Waals surface area (Å²) in [5.74, 6) is 1.92. The minimum Gasteiger partial charge on any atom is -0.494 e. The Morgan fingerprint density at radius 1 is 0.969 bits per heavy atom. The molecule has 162 valence electrons. The van der Waals surface area contributed by atoms with Gasteiger partial charge in [-0.05, 0) is 42.8 Å². The number of nitrogens with zero attached hydrogens (tertiary/aromatic N) is 3. The minimum absolute atomic E-state index is 0.0150. The van der Waals surface area contributed by atoms with Gasteiger partial charge in [0.05, 0.1) is 28.4 Å².